The summed E-state index contributed by atoms with van der Waals surface area (Å²) >= 11 is 0. The zero-order valence-electron chi connectivity index (χ0n) is 18.4. The van der Waals surface area contributed by atoms with Crippen LogP contribution in [0.15, 0.2) is 78.9 Å². The molecule has 3 aromatic carbocycles. The lowest BCUT2D eigenvalue weighted by Gasteiger charge is -2.19. The predicted octanol–water partition coefficient (Wildman–Crippen LogP) is 2.69. The number of nitrogens with one attached hydrogen (secondary N) is 2. The molecule has 3 rings (SSSR count). The molecule has 0 aliphatic carbocycles. The number of nitrogens with two attached hydrogens (primary N) is 1. The third-order valence-corrected chi connectivity index (χ3v) is 5.12. The van der Waals surface area contributed by atoms with Crippen LogP contribution in [0.1, 0.15) is 22.3 Å². The van der Waals surface area contributed by atoms with E-state index in [4.69, 9.17) is 10.5 Å². The number of benzene rings is 3. The third kappa shape index (κ3) is 6.67. The van der Waals surface area contributed by atoms with Crippen LogP contribution in [0.3, 0.4) is 0 Å². The summed E-state index contributed by atoms with van der Waals surface area (Å²) in [5.74, 6) is -0.639. The van der Waals surface area contributed by atoms with Crippen LogP contribution in [0, 0.1) is 0 Å². The minimum absolute atomic E-state index is 0.0245. The Balaban J connectivity index is 1.82. The molecule has 7 nitrogen and oxygen atoms in total. The predicted molar refractivity (Wildman–Crippen MR) is 127 cm³/mol. The second kappa shape index (κ2) is 11.5. The number of amides is 3. The Morgan fingerprint density at radius 1 is 0.939 bits per heavy atom. The molecule has 4 N–H and O–H groups in total. The molecular formula is C26H27N3O4. The van der Waals surface area contributed by atoms with Gasteiger partial charge in [-0.15, -0.1) is 0 Å². The molecule has 0 aromatic heterocycles. The van der Waals surface area contributed by atoms with Crippen molar-refractivity contribution >= 4 is 17.7 Å². The zero-order valence-corrected chi connectivity index (χ0v) is 18.4. The number of ether oxygens (including phenoxy) is 1. The minimum Gasteiger partial charge on any atom is -0.496 e. The highest BCUT2D eigenvalue weighted by Crippen LogP contribution is 2.30. The fourth-order valence-electron chi connectivity index (χ4n) is 3.43. The van der Waals surface area contributed by atoms with Crippen molar-refractivity contribution in [3.05, 3.63) is 90.0 Å². The Morgan fingerprint density at radius 3 is 2.24 bits per heavy atom. The van der Waals surface area contributed by atoms with Crippen LogP contribution in [0.2, 0.25) is 0 Å². The first kappa shape index (κ1) is 23.5. The van der Waals surface area contributed by atoms with Gasteiger partial charge in [0.05, 0.1) is 7.11 Å². The van der Waals surface area contributed by atoms with E-state index in [1.807, 2.05) is 60.7 Å². The second-order valence-corrected chi connectivity index (χ2v) is 7.50. The second-order valence-electron chi connectivity index (χ2n) is 7.50. The molecule has 170 valence electrons. The van der Waals surface area contributed by atoms with Crippen molar-refractivity contribution in [1.82, 2.24) is 10.6 Å². The number of rotatable bonds is 10. The number of methoxy groups -OCH3 is 1. The Hall–Kier alpha value is -4.13. The maximum Gasteiger partial charge on any atom is 0.251 e. The molecule has 7 heteroatoms. The largest absolute Gasteiger partial charge is 0.496 e. The number of hydrogen-bond acceptors (Lipinski definition) is 4. The molecule has 0 aliphatic heterocycles. The minimum atomic E-state index is -0.824. The van der Waals surface area contributed by atoms with E-state index in [0.717, 1.165) is 16.7 Å². The van der Waals surface area contributed by atoms with E-state index in [1.165, 1.54) is 0 Å². The average molecular weight is 446 g/mol. The molecule has 0 fully saturated rings. The van der Waals surface area contributed by atoms with Crippen molar-refractivity contribution in [2.75, 3.05) is 13.7 Å². The first-order valence-corrected chi connectivity index (χ1v) is 10.6. The van der Waals surface area contributed by atoms with Crippen molar-refractivity contribution in [3.8, 4) is 16.9 Å². The van der Waals surface area contributed by atoms with Crippen molar-refractivity contribution in [2.24, 2.45) is 5.73 Å². The molecule has 0 radical (unpaired) electrons. The molecule has 3 aromatic rings. The van der Waals surface area contributed by atoms with Crippen LogP contribution in [-0.4, -0.2) is 37.4 Å². The van der Waals surface area contributed by atoms with E-state index in [1.54, 1.807) is 25.3 Å². The Bertz CT molecular complexity index is 1100. The van der Waals surface area contributed by atoms with Gasteiger partial charge >= 0.3 is 0 Å². The Labute approximate surface area is 193 Å². The summed E-state index contributed by atoms with van der Waals surface area (Å²) in [4.78, 5) is 36.9. The number of hydrogen-bond donors (Lipinski definition) is 3. The SMILES string of the molecule is COc1ccc(C(=O)N[C@H](Cc2ccccc2)C(=O)NCCC(N)=O)cc1-c1ccccc1. The molecule has 1 atom stereocenters. The quantitative estimate of drug-likeness (QED) is 0.446. The van der Waals surface area contributed by atoms with Gasteiger partial charge in [-0.1, -0.05) is 60.7 Å². The van der Waals surface area contributed by atoms with Gasteiger partial charge in [0.1, 0.15) is 11.8 Å². The molecule has 0 heterocycles. The van der Waals surface area contributed by atoms with Gasteiger partial charge in [0.25, 0.3) is 5.91 Å². The van der Waals surface area contributed by atoms with Gasteiger partial charge < -0.3 is 21.1 Å². The molecular weight excluding hydrogens is 418 g/mol. The Kier molecular flexibility index (Phi) is 8.18. The van der Waals surface area contributed by atoms with Gasteiger partial charge in [0.2, 0.25) is 11.8 Å². The molecule has 3 amide bonds. The maximum atomic E-state index is 13.1. The summed E-state index contributed by atoms with van der Waals surface area (Å²) in [5, 5.41) is 5.50. The van der Waals surface area contributed by atoms with Gasteiger partial charge in [0.15, 0.2) is 0 Å². The van der Waals surface area contributed by atoms with Crippen LogP contribution in [0.4, 0.5) is 0 Å². The Morgan fingerprint density at radius 2 is 1.61 bits per heavy atom. The normalized spacial score (nSPS) is 11.3. The monoisotopic (exact) mass is 445 g/mol. The van der Waals surface area contributed by atoms with Crippen molar-refractivity contribution in [2.45, 2.75) is 18.9 Å². The van der Waals surface area contributed by atoms with E-state index in [-0.39, 0.29) is 24.8 Å². The van der Waals surface area contributed by atoms with E-state index >= 15 is 0 Å². The molecule has 0 bridgehead atoms. The van der Waals surface area contributed by atoms with Crippen LogP contribution < -0.4 is 21.1 Å². The lowest BCUT2D eigenvalue weighted by Crippen LogP contribution is -2.48. The number of primary amides is 1. The molecule has 0 unspecified atom stereocenters. The number of carbonyl (C=O) groups is 3. The van der Waals surface area contributed by atoms with Crippen LogP contribution in [0.25, 0.3) is 11.1 Å². The van der Waals surface area contributed by atoms with Gasteiger partial charge in [-0.25, -0.2) is 0 Å². The molecule has 0 saturated heterocycles. The summed E-state index contributed by atoms with van der Waals surface area (Å²) in [6.07, 6.45) is 0.327. The molecule has 33 heavy (non-hydrogen) atoms. The lowest BCUT2D eigenvalue weighted by molar-refractivity contribution is -0.123. The summed E-state index contributed by atoms with van der Waals surface area (Å²) < 4.78 is 5.46. The topological polar surface area (TPSA) is 111 Å². The van der Waals surface area contributed by atoms with Crippen molar-refractivity contribution in [3.63, 3.8) is 0 Å². The van der Waals surface area contributed by atoms with E-state index in [9.17, 15) is 14.4 Å². The summed E-state index contributed by atoms with van der Waals surface area (Å²) in [6.45, 7) is 0.107. The van der Waals surface area contributed by atoms with Crippen LogP contribution in [0.5, 0.6) is 5.75 Å². The molecule has 0 saturated carbocycles. The van der Waals surface area contributed by atoms with Gasteiger partial charge in [0, 0.05) is 30.5 Å². The van der Waals surface area contributed by atoms with E-state index in [0.29, 0.717) is 17.7 Å². The van der Waals surface area contributed by atoms with E-state index < -0.39 is 11.9 Å². The zero-order chi connectivity index (χ0) is 23.6. The summed E-state index contributed by atoms with van der Waals surface area (Å²) in [5.41, 5.74) is 8.13. The van der Waals surface area contributed by atoms with Crippen molar-refractivity contribution in [1.29, 1.82) is 0 Å². The lowest BCUT2D eigenvalue weighted by atomic mass is 10.0. The van der Waals surface area contributed by atoms with E-state index in [2.05, 4.69) is 10.6 Å². The highest BCUT2D eigenvalue weighted by Gasteiger charge is 2.22. The van der Waals surface area contributed by atoms with Crippen molar-refractivity contribution < 1.29 is 19.1 Å². The smallest absolute Gasteiger partial charge is 0.251 e. The van der Waals surface area contributed by atoms with Gasteiger partial charge in [-0.2, -0.15) is 0 Å². The van der Waals surface area contributed by atoms with Crippen LogP contribution in [-0.2, 0) is 16.0 Å². The fourth-order valence-corrected chi connectivity index (χ4v) is 3.43. The van der Waals surface area contributed by atoms with Gasteiger partial charge in [-0.05, 0) is 29.3 Å². The summed E-state index contributed by atoms with van der Waals surface area (Å²) in [6, 6.07) is 23.3. The summed E-state index contributed by atoms with van der Waals surface area (Å²) in [7, 11) is 1.58. The fraction of sp³-hybridized carbons (Fsp3) is 0.192. The average Bonchev–Trinajstić information content (AvgIpc) is 2.84. The molecule has 0 aliphatic rings. The third-order valence-electron chi connectivity index (χ3n) is 5.12. The molecule has 0 spiro atoms. The first-order valence-electron chi connectivity index (χ1n) is 10.6. The highest BCUT2D eigenvalue weighted by molar-refractivity contribution is 5.99. The van der Waals surface area contributed by atoms with Crippen LogP contribution >= 0.6 is 0 Å². The standard InChI is InChI=1S/C26H27N3O4/c1-33-23-13-12-20(17-21(23)19-10-6-3-7-11-19)25(31)29-22(16-18-8-4-2-5-9-18)26(32)28-15-14-24(27)30/h2-13,17,22H,14-16H2,1H3,(H2,27,30)(H,28,32)(H,29,31)/t22-/m1/s1. The highest BCUT2D eigenvalue weighted by atomic mass is 16.5. The number of carbonyl (C=O) groups excluding carboxylic acids is 3. The van der Waals surface area contributed by atoms with Gasteiger partial charge in [-0.3, -0.25) is 14.4 Å². The first-order chi connectivity index (χ1) is 16.0. The maximum absolute atomic E-state index is 13.1.